The SMILES string of the molecule is CC(C)n1ccc(NC(=O)NC2CCCC2)n1. The molecule has 1 aliphatic carbocycles. The Hall–Kier alpha value is -1.52. The Morgan fingerprint density at radius 1 is 1.47 bits per heavy atom. The number of amides is 2. The van der Waals surface area contributed by atoms with Crippen LogP contribution >= 0.6 is 0 Å². The van der Waals surface area contributed by atoms with Crippen LogP contribution in [0.1, 0.15) is 45.6 Å². The molecule has 5 heteroatoms. The summed E-state index contributed by atoms with van der Waals surface area (Å²) in [5.41, 5.74) is 0. The smallest absolute Gasteiger partial charge is 0.320 e. The van der Waals surface area contributed by atoms with Crippen molar-refractivity contribution >= 4 is 11.8 Å². The monoisotopic (exact) mass is 236 g/mol. The van der Waals surface area contributed by atoms with Gasteiger partial charge in [0.05, 0.1) is 0 Å². The molecule has 1 saturated carbocycles. The van der Waals surface area contributed by atoms with Crippen LogP contribution in [0.3, 0.4) is 0 Å². The van der Waals surface area contributed by atoms with E-state index in [1.54, 1.807) is 0 Å². The van der Waals surface area contributed by atoms with Gasteiger partial charge in [-0.1, -0.05) is 12.8 Å². The number of carbonyl (C=O) groups excluding carboxylic acids is 1. The third kappa shape index (κ3) is 3.22. The lowest BCUT2D eigenvalue weighted by atomic mass is 10.3. The number of hydrogen-bond acceptors (Lipinski definition) is 2. The van der Waals surface area contributed by atoms with Gasteiger partial charge >= 0.3 is 6.03 Å². The average Bonchev–Trinajstić information content (AvgIpc) is 2.88. The summed E-state index contributed by atoms with van der Waals surface area (Å²) in [6.07, 6.45) is 6.48. The Balaban J connectivity index is 1.84. The van der Waals surface area contributed by atoms with Gasteiger partial charge in [0.15, 0.2) is 5.82 Å². The van der Waals surface area contributed by atoms with E-state index in [1.165, 1.54) is 12.8 Å². The van der Waals surface area contributed by atoms with Crippen LogP contribution in [0.2, 0.25) is 0 Å². The Labute approximate surface area is 102 Å². The fourth-order valence-electron chi connectivity index (χ4n) is 2.10. The zero-order valence-electron chi connectivity index (χ0n) is 10.4. The summed E-state index contributed by atoms with van der Waals surface area (Å²) in [5, 5.41) is 10.00. The van der Waals surface area contributed by atoms with Crippen molar-refractivity contribution in [3.05, 3.63) is 12.3 Å². The van der Waals surface area contributed by atoms with Gasteiger partial charge in [0.25, 0.3) is 0 Å². The molecule has 0 aromatic carbocycles. The predicted octanol–water partition coefficient (Wildman–Crippen LogP) is 2.53. The molecule has 1 aromatic heterocycles. The van der Waals surface area contributed by atoms with Crippen molar-refractivity contribution in [3.8, 4) is 0 Å². The van der Waals surface area contributed by atoms with Crippen LogP contribution in [0.15, 0.2) is 12.3 Å². The number of urea groups is 1. The van der Waals surface area contributed by atoms with E-state index in [0.29, 0.717) is 17.9 Å². The molecule has 0 spiro atoms. The maximum absolute atomic E-state index is 11.7. The first-order chi connectivity index (χ1) is 8.15. The Morgan fingerprint density at radius 2 is 2.18 bits per heavy atom. The lowest BCUT2D eigenvalue weighted by Crippen LogP contribution is -2.36. The predicted molar refractivity (Wildman–Crippen MR) is 67.0 cm³/mol. The molecule has 2 N–H and O–H groups in total. The second-order valence-corrected chi connectivity index (χ2v) is 4.85. The quantitative estimate of drug-likeness (QED) is 0.847. The first-order valence-electron chi connectivity index (χ1n) is 6.28. The molecule has 17 heavy (non-hydrogen) atoms. The molecule has 5 nitrogen and oxygen atoms in total. The van der Waals surface area contributed by atoms with Gasteiger partial charge in [-0.2, -0.15) is 5.10 Å². The first-order valence-corrected chi connectivity index (χ1v) is 6.28. The summed E-state index contributed by atoms with van der Waals surface area (Å²) in [6, 6.07) is 2.31. The molecule has 1 fully saturated rings. The molecule has 2 rings (SSSR count). The van der Waals surface area contributed by atoms with Gasteiger partial charge < -0.3 is 5.32 Å². The van der Waals surface area contributed by atoms with Gasteiger partial charge in [-0.25, -0.2) is 4.79 Å². The highest BCUT2D eigenvalue weighted by molar-refractivity contribution is 5.88. The van der Waals surface area contributed by atoms with E-state index in [-0.39, 0.29) is 6.03 Å². The lowest BCUT2D eigenvalue weighted by Gasteiger charge is -2.11. The number of rotatable bonds is 3. The van der Waals surface area contributed by atoms with Crippen LogP contribution in [0.5, 0.6) is 0 Å². The number of hydrogen-bond donors (Lipinski definition) is 2. The van der Waals surface area contributed by atoms with Crippen LogP contribution < -0.4 is 10.6 Å². The van der Waals surface area contributed by atoms with E-state index in [9.17, 15) is 4.79 Å². The summed E-state index contributed by atoms with van der Waals surface area (Å²) in [5.74, 6) is 0.606. The zero-order chi connectivity index (χ0) is 12.3. The number of anilines is 1. The van der Waals surface area contributed by atoms with Gasteiger partial charge in [-0.05, 0) is 26.7 Å². The second kappa shape index (κ2) is 5.21. The maximum atomic E-state index is 11.7. The molecular formula is C12H20N4O. The molecular weight excluding hydrogens is 216 g/mol. The molecule has 1 heterocycles. The lowest BCUT2D eigenvalue weighted by molar-refractivity contribution is 0.248. The van der Waals surface area contributed by atoms with E-state index in [2.05, 4.69) is 29.6 Å². The van der Waals surface area contributed by atoms with Crippen molar-refractivity contribution in [2.45, 2.75) is 51.6 Å². The number of nitrogens with one attached hydrogen (secondary N) is 2. The Morgan fingerprint density at radius 3 is 2.76 bits per heavy atom. The first kappa shape index (κ1) is 12.0. The third-order valence-electron chi connectivity index (χ3n) is 3.07. The minimum absolute atomic E-state index is 0.147. The third-order valence-corrected chi connectivity index (χ3v) is 3.07. The number of aromatic nitrogens is 2. The van der Waals surface area contributed by atoms with Gasteiger partial charge in [0.1, 0.15) is 0 Å². The van der Waals surface area contributed by atoms with Crippen molar-refractivity contribution in [2.75, 3.05) is 5.32 Å². The van der Waals surface area contributed by atoms with Crippen molar-refractivity contribution in [3.63, 3.8) is 0 Å². The summed E-state index contributed by atoms with van der Waals surface area (Å²) >= 11 is 0. The van der Waals surface area contributed by atoms with Crippen molar-refractivity contribution in [1.29, 1.82) is 0 Å². The fourth-order valence-corrected chi connectivity index (χ4v) is 2.10. The van der Waals surface area contributed by atoms with Crippen LogP contribution in [0, 0.1) is 0 Å². The minimum atomic E-state index is -0.147. The fraction of sp³-hybridized carbons (Fsp3) is 0.667. The van der Waals surface area contributed by atoms with E-state index in [4.69, 9.17) is 0 Å². The average molecular weight is 236 g/mol. The molecule has 0 atom stereocenters. The Kier molecular flexibility index (Phi) is 3.66. The molecule has 94 valence electrons. The summed E-state index contributed by atoms with van der Waals surface area (Å²) in [7, 11) is 0. The Bertz CT molecular complexity index is 380. The molecule has 0 unspecified atom stereocenters. The summed E-state index contributed by atoms with van der Waals surface area (Å²) < 4.78 is 1.82. The van der Waals surface area contributed by atoms with E-state index in [1.807, 2.05) is 16.9 Å². The number of carbonyl (C=O) groups is 1. The largest absolute Gasteiger partial charge is 0.335 e. The van der Waals surface area contributed by atoms with Gasteiger partial charge in [-0.15, -0.1) is 0 Å². The van der Waals surface area contributed by atoms with E-state index in [0.717, 1.165) is 12.8 Å². The molecule has 0 bridgehead atoms. The molecule has 0 aliphatic heterocycles. The zero-order valence-corrected chi connectivity index (χ0v) is 10.4. The highest BCUT2D eigenvalue weighted by atomic mass is 16.2. The second-order valence-electron chi connectivity index (χ2n) is 4.85. The molecule has 1 aliphatic rings. The van der Waals surface area contributed by atoms with Crippen molar-refractivity contribution in [1.82, 2.24) is 15.1 Å². The van der Waals surface area contributed by atoms with Crippen LogP contribution in [-0.4, -0.2) is 21.9 Å². The highest BCUT2D eigenvalue weighted by Crippen LogP contribution is 2.17. The standard InChI is InChI=1S/C12H20N4O/c1-9(2)16-8-7-11(15-16)14-12(17)13-10-5-3-4-6-10/h7-10H,3-6H2,1-2H3,(H2,13,14,15,17). The maximum Gasteiger partial charge on any atom is 0.320 e. The summed E-state index contributed by atoms with van der Waals surface area (Å²) in [4.78, 5) is 11.7. The minimum Gasteiger partial charge on any atom is -0.335 e. The van der Waals surface area contributed by atoms with Crippen LogP contribution in [0.4, 0.5) is 10.6 Å². The molecule has 1 aromatic rings. The topological polar surface area (TPSA) is 59.0 Å². The van der Waals surface area contributed by atoms with Crippen LogP contribution in [-0.2, 0) is 0 Å². The van der Waals surface area contributed by atoms with E-state index < -0.39 is 0 Å². The summed E-state index contributed by atoms with van der Waals surface area (Å²) in [6.45, 7) is 4.10. The van der Waals surface area contributed by atoms with Crippen molar-refractivity contribution < 1.29 is 4.79 Å². The molecule has 0 saturated heterocycles. The molecule has 0 radical (unpaired) electrons. The van der Waals surface area contributed by atoms with Gasteiger partial charge in [0.2, 0.25) is 0 Å². The number of nitrogens with zero attached hydrogens (tertiary/aromatic N) is 2. The normalized spacial score (nSPS) is 16.4. The van der Waals surface area contributed by atoms with Gasteiger partial charge in [-0.3, -0.25) is 10.00 Å². The molecule has 2 amide bonds. The van der Waals surface area contributed by atoms with Crippen LogP contribution in [0.25, 0.3) is 0 Å². The highest BCUT2D eigenvalue weighted by Gasteiger charge is 2.17. The van der Waals surface area contributed by atoms with Crippen molar-refractivity contribution in [2.24, 2.45) is 0 Å². The van der Waals surface area contributed by atoms with Gasteiger partial charge in [0, 0.05) is 24.3 Å². The van der Waals surface area contributed by atoms with E-state index >= 15 is 0 Å².